The average Bonchev–Trinajstić information content (AvgIpc) is 3.16. The van der Waals surface area contributed by atoms with Gasteiger partial charge in [-0.15, -0.1) is 11.8 Å². The highest BCUT2D eigenvalue weighted by molar-refractivity contribution is 7.98. The van der Waals surface area contributed by atoms with Crippen molar-refractivity contribution in [2.75, 3.05) is 19.8 Å². The SMILES string of the molecule is N#Cc1ccc(CSc2ccccc2C(=O)OCC(=O)N2CCOC2=O)cc1. The lowest BCUT2D eigenvalue weighted by Gasteiger charge is -2.12. The maximum absolute atomic E-state index is 12.4. The number of cyclic esters (lactones) is 1. The van der Waals surface area contributed by atoms with Crippen molar-refractivity contribution in [3.05, 3.63) is 65.2 Å². The van der Waals surface area contributed by atoms with Crippen molar-refractivity contribution in [1.82, 2.24) is 4.90 Å². The molecule has 0 radical (unpaired) electrons. The Morgan fingerprint density at radius 1 is 1.18 bits per heavy atom. The van der Waals surface area contributed by atoms with E-state index in [9.17, 15) is 14.4 Å². The van der Waals surface area contributed by atoms with Gasteiger partial charge < -0.3 is 9.47 Å². The van der Waals surface area contributed by atoms with Crippen LogP contribution in [0.3, 0.4) is 0 Å². The molecule has 0 spiro atoms. The molecule has 0 unspecified atom stereocenters. The molecule has 142 valence electrons. The Labute approximate surface area is 165 Å². The van der Waals surface area contributed by atoms with Crippen LogP contribution in [-0.2, 0) is 20.0 Å². The van der Waals surface area contributed by atoms with Crippen LogP contribution in [0.2, 0.25) is 0 Å². The Morgan fingerprint density at radius 3 is 2.61 bits per heavy atom. The van der Waals surface area contributed by atoms with E-state index in [1.807, 2.05) is 18.2 Å². The number of carbonyl (C=O) groups excluding carboxylic acids is 3. The number of thioether (sulfide) groups is 1. The maximum Gasteiger partial charge on any atom is 0.416 e. The molecule has 8 heteroatoms. The summed E-state index contributed by atoms with van der Waals surface area (Å²) in [6.45, 7) is -0.220. The van der Waals surface area contributed by atoms with Gasteiger partial charge in [0.25, 0.3) is 5.91 Å². The summed E-state index contributed by atoms with van der Waals surface area (Å²) < 4.78 is 9.78. The minimum Gasteiger partial charge on any atom is -0.452 e. The third-order valence-electron chi connectivity index (χ3n) is 3.97. The summed E-state index contributed by atoms with van der Waals surface area (Å²) in [7, 11) is 0. The molecular formula is C20H16N2O5S. The van der Waals surface area contributed by atoms with Gasteiger partial charge in [0.15, 0.2) is 6.61 Å². The molecule has 1 aliphatic heterocycles. The standard InChI is InChI=1S/C20H16N2O5S/c21-11-14-5-7-15(8-6-14)13-28-17-4-2-1-3-16(17)19(24)27-12-18(23)22-9-10-26-20(22)25/h1-8H,9-10,12-13H2. The van der Waals surface area contributed by atoms with Crippen LogP contribution in [0, 0.1) is 11.3 Å². The van der Waals surface area contributed by atoms with Gasteiger partial charge in [-0.1, -0.05) is 24.3 Å². The largest absolute Gasteiger partial charge is 0.452 e. The molecule has 0 bridgehead atoms. The molecule has 0 aliphatic carbocycles. The lowest BCUT2D eigenvalue weighted by atomic mass is 10.2. The number of esters is 1. The first-order valence-corrected chi connectivity index (χ1v) is 9.42. The fourth-order valence-corrected chi connectivity index (χ4v) is 3.50. The predicted molar refractivity (Wildman–Crippen MR) is 101 cm³/mol. The molecule has 0 saturated carbocycles. The minimum atomic E-state index is -0.723. The quantitative estimate of drug-likeness (QED) is 0.547. The lowest BCUT2D eigenvalue weighted by molar-refractivity contribution is -0.131. The zero-order chi connectivity index (χ0) is 19.9. The molecule has 7 nitrogen and oxygen atoms in total. The molecule has 1 saturated heterocycles. The zero-order valence-corrected chi connectivity index (χ0v) is 15.6. The summed E-state index contributed by atoms with van der Waals surface area (Å²) in [4.78, 5) is 37.4. The number of nitriles is 1. The fraction of sp³-hybridized carbons (Fsp3) is 0.200. The molecule has 1 fully saturated rings. The first-order valence-electron chi connectivity index (χ1n) is 8.43. The van der Waals surface area contributed by atoms with Crippen LogP contribution < -0.4 is 0 Å². The van der Waals surface area contributed by atoms with Gasteiger partial charge in [-0.25, -0.2) is 14.5 Å². The van der Waals surface area contributed by atoms with Gasteiger partial charge in [0.1, 0.15) is 6.61 Å². The van der Waals surface area contributed by atoms with Crippen molar-refractivity contribution >= 4 is 29.7 Å². The lowest BCUT2D eigenvalue weighted by Crippen LogP contribution is -2.35. The molecule has 2 amide bonds. The van der Waals surface area contributed by atoms with Crippen molar-refractivity contribution in [2.45, 2.75) is 10.6 Å². The van der Waals surface area contributed by atoms with Crippen molar-refractivity contribution in [2.24, 2.45) is 0 Å². The van der Waals surface area contributed by atoms with Gasteiger partial charge in [0.2, 0.25) is 0 Å². The number of imide groups is 1. The summed E-state index contributed by atoms with van der Waals surface area (Å²) in [5.41, 5.74) is 1.94. The molecule has 3 rings (SSSR count). The van der Waals surface area contributed by atoms with E-state index >= 15 is 0 Å². The van der Waals surface area contributed by atoms with Gasteiger partial charge in [0, 0.05) is 10.6 Å². The second kappa shape index (κ2) is 9.06. The van der Waals surface area contributed by atoms with Crippen molar-refractivity contribution in [3.8, 4) is 6.07 Å². The molecule has 2 aromatic rings. The highest BCUT2D eigenvalue weighted by Gasteiger charge is 2.29. The molecule has 1 heterocycles. The van der Waals surface area contributed by atoms with Crippen LogP contribution in [0.15, 0.2) is 53.4 Å². The number of hydrogen-bond acceptors (Lipinski definition) is 7. The second-order valence-electron chi connectivity index (χ2n) is 5.83. The average molecular weight is 396 g/mol. The van der Waals surface area contributed by atoms with Crippen LogP contribution in [0.1, 0.15) is 21.5 Å². The number of rotatable bonds is 6. The van der Waals surface area contributed by atoms with E-state index < -0.39 is 24.6 Å². The fourth-order valence-electron chi connectivity index (χ4n) is 2.50. The summed E-state index contributed by atoms with van der Waals surface area (Å²) in [6, 6.07) is 16.2. The van der Waals surface area contributed by atoms with E-state index in [-0.39, 0.29) is 13.2 Å². The Kier molecular flexibility index (Phi) is 6.29. The van der Waals surface area contributed by atoms with Gasteiger partial charge in [-0.05, 0) is 29.8 Å². The van der Waals surface area contributed by atoms with Gasteiger partial charge in [-0.2, -0.15) is 5.26 Å². The molecular weight excluding hydrogens is 380 g/mol. The van der Waals surface area contributed by atoms with Crippen LogP contribution in [-0.4, -0.2) is 42.6 Å². The van der Waals surface area contributed by atoms with Gasteiger partial charge in [-0.3, -0.25) is 4.79 Å². The Hall–Kier alpha value is -3.31. The first kappa shape index (κ1) is 19.5. The number of carbonyl (C=O) groups is 3. The first-order chi connectivity index (χ1) is 13.6. The van der Waals surface area contributed by atoms with Gasteiger partial charge >= 0.3 is 12.1 Å². The Balaban J connectivity index is 1.60. The van der Waals surface area contributed by atoms with E-state index in [0.29, 0.717) is 21.8 Å². The smallest absolute Gasteiger partial charge is 0.416 e. The Morgan fingerprint density at radius 2 is 1.93 bits per heavy atom. The van der Waals surface area contributed by atoms with Crippen molar-refractivity contribution in [1.29, 1.82) is 5.26 Å². The molecule has 0 atom stereocenters. The maximum atomic E-state index is 12.4. The van der Waals surface area contributed by atoms with Gasteiger partial charge in [0.05, 0.1) is 23.7 Å². The highest BCUT2D eigenvalue weighted by atomic mass is 32.2. The van der Waals surface area contributed by atoms with E-state index in [0.717, 1.165) is 10.5 Å². The molecule has 0 aromatic heterocycles. The summed E-state index contributed by atoms with van der Waals surface area (Å²) in [5, 5.41) is 8.85. The molecule has 2 aromatic carbocycles. The van der Waals surface area contributed by atoms with E-state index in [1.165, 1.54) is 11.8 Å². The summed E-state index contributed by atoms with van der Waals surface area (Å²) in [6.07, 6.45) is -0.723. The number of ether oxygens (including phenoxy) is 2. The topological polar surface area (TPSA) is 96.7 Å². The van der Waals surface area contributed by atoms with Crippen molar-refractivity contribution in [3.63, 3.8) is 0 Å². The summed E-state index contributed by atoms with van der Waals surface area (Å²) >= 11 is 1.45. The highest BCUT2D eigenvalue weighted by Crippen LogP contribution is 2.27. The van der Waals surface area contributed by atoms with Crippen molar-refractivity contribution < 1.29 is 23.9 Å². The number of nitrogens with zero attached hydrogens (tertiary/aromatic N) is 2. The van der Waals surface area contributed by atoms with Crippen LogP contribution in [0.25, 0.3) is 0 Å². The van der Waals surface area contributed by atoms with E-state index in [2.05, 4.69) is 6.07 Å². The van der Waals surface area contributed by atoms with E-state index in [4.69, 9.17) is 14.7 Å². The number of amides is 2. The zero-order valence-electron chi connectivity index (χ0n) is 14.8. The van der Waals surface area contributed by atoms with Crippen LogP contribution >= 0.6 is 11.8 Å². The normalized spacial score (nSPS) is 13.0. The summed E-state index contributed by atoms with van der Waals surface area (Å²) in [5.74, 6) is -0.642. The third-order valence-corrected chi connectivity index (χ3v) is 5.12. The van der Waals surface area contributed by atoms with E-state index in [1.54, 1.807) is 30.3 Å². The molecule has 0 N–H and O–H groups in total. The van der Waals surface area contributed by atoms with Crippen LogP contribution in [0.5, 0.6) is 0 Å². The Bertz CT molecular complexity index is 936. The monoisotopic (exact) mass is 396 g/mol. The number of hydrogen-bond donors (Lipinski definition) is 0. The minimum absolute atomic E-state index is 0.146. The van der Waals surface area contributed by atoms with Crippen LogP contribution in [0.4, 0.5) is 4.79 Å². The molecule has 28 heavy (non-hydrogen) atoms. The second-order valence-corrected chi connectivity index (χ2v) is 6.85. The number of benzene rings is 2. The third kappa shape index (κ3) is 4.69. The predicted octanol–water partition coefficient (Wildman–Crippen LogP) is 2.99. The molecule has 1 aliphatic rings.